The van der Waals surface area contributed by atoms with Crippen LogP contribution in [-0.4, -0.2) is 8.07 Å². The molecule has 0 heterocycles. The van der Waals surface area contributed by atoms with Crippen molar-refractivity contribution in [2.45, 2.75) is 44.9 Å². The van der Waals surface area contributed by atoms with Gasteiger partial charge in [0.1, 0.15) is 0 Å². The van der Waals surface area contributed by atoms with Crippen LogP contribution in [0.5, 0.6) is 0 Å². The largest absolute Gasteiger partial charge is 0.0800 e. The Kier molecular flexibility index (Phi) is 7.17. The summed E-state index contributed by atoms with van der Waals surface area (Å²) in [5.74, 6) is 0. The minimum Gasteiger partial charge on any atom is -0.0800 e. The highest BCUT2D eigenvalue weighted by Crippen LogP contribution is 2.63. The molecule has 6 rings (SSSR count). The van der Waals surface area contributed by atoms with E-state index >= 15 is 0 Å². The average Bonchev–Trinajstić information content (AvgIpc) is 3.64. The van der Waals surface area contributed by atoms with E-state index in [1.54, 1.807) is 0 Å². The van der Waals surface area contributed by atoms with E-state index in [-0.39, 0.29) is 5.41 Å². The number of benzene rings is 4. The molecule has 4 aromatic carbocycles. The van der Waals surface area contributed by atoms with Crippen LogP contribution in [-0.2, 0) is 0 Å². The highest BCUT2D eigenvalue weighted by atomic mass is 28.3. The standard InChI is InChI=1S/C40H40Si/c1-40(2,3)33-26-27-34(28-33)41(4,5)39-37(31-22-14-8-15-23-31)35(29-18-10-6-11-19-29)36(30-20-12-7-13-21-30)38(39)32-24-16-9-17-25-32/h6-28,34,39H,1-5H3. The van der Waals surface area contributed by atoms with Gasteiger partial charge in [-0.3, -0.25) is 0 Å². The topological polar surface area (TPSA) is 0 Å². The maximum Gasteiger partial charge on any atom is 0.0715 e. The first-order chi connectivity index (χ1) is 19.8. The second kappa shape index (κ2) is 10.8. The van der Waals surface area contributed by atoms with Crippen LogP contribution in [0.1, 0.15) is 43.0 Å². The molecule has 0 radical (unpaired) electrons. The summed E-state index contributed by atoms with van der Waals surface area (Å²) in [6.45, 7) is 12.2. The van der Waals surface area contributed by atoms with Gasteiger partial charge in [-0.2, -0.15) is 0 Å². The molecule has 0 fully saturated rings. The lowest BCUT2D eigenvalue weighted by Gasteiger charge is -2.38. The van der Waals surface area contributed by atoms with Gasteiger partial charge in [0.05, 0.1) is 8.07 Å². The van der Waals surface area contributed by atoms with Gasteiger partial charge in [0.2, 0.25) is 0 Å². The molecule has 0 saturated carbocycles. The van der Waals surface area contributed by atoms with Crippen LogP contribution in [0.15, 0.2) is 145 Å². The van der Waals surface area contributed by atoms with Gasteiger partial charge in [-0.25, -0.2) is 0 Å². The van der Waals surface area contributed by atoms with Crippen molar-refractivity contribution >= 4 is 30.4 Å². The first-order valence-electron chi connectivity index (χ1n) is 14.9. The van der Waals surface area contributed by atoms with Crippen molar-refractivity contribution in [1.82, 2.24) is 0 Å². The van der Waals surface area contributed by atoms with Gasteiger partial charge in [-0.1, -0.05) is 173 Å². The molecule has 0 amide bonds. The molecule has 0 aliphatic heterocycles. The van der Waals surface area contributed by atoms with E-state index in [9.17, 15) is 0 Å². The minimum absolute atomic E-state index is 0.145. The molecule has 0 N–H and O–H groups in total. The maximum absolute atomic E-state index is 2.62. The molecule has 41 heavy (non-hydrogen) atoms. The first-order valence-corrected chi connectivity index (χ1v) is 18.0. The summed E-state index contributed by atoms with van der Waals surface area (Å²) < 4.78 is 0. The molecule has 0 saturated heterocycles. The summed E-state index contributed by atoms with van der Waals surface area (Å²) in [4.78, 5) is 0. The second-order valence-corrected chi connectivity index (χ2v) is 17.9. The van der Waals surface area contributed by atoms with E-state index in [4.69, 9.17) is 0 Å². The fourth-order valence-electron chi connectivity index (χ4n) is 6.78. The van der Waals surface area contributed by atoms with Gasteiger partial charge < -0.3 is 0 Å². The molecule has 0 aromatic heterocycles. The molecule has 0 spiro atoms. The molecular formula is C40H40Si. The van der Waals surface area contributed by atoms with Crippen LogP contribution in [0.4, 0.5) is 0 Å². The van der Waals surface area contributed by atoms with Crippen LogP contribution in [0.3, 0.4) is 0 Å². The minimum atomic E-state index is -2.08. The number of rotatable bonds is 6. The van der Waals surface area contributed by atoms with E-state index in [0.29, 0.717) is 11.1 Å². The summed E-state index contributed by atoms with van der Waals surface area (Å²) in [5, 5.41) is 0. The first kappa shape index (κ1) is 27.2. The monoisotopic (exact) mass is 548 g/mol. The van der Waals surface area contributed by atoms with E-state index in [1.807, 2.05) is 0 Å². The predicted octanol–water partition coefficient (Wildman–Crippen LogP) is 11.2. The third-order valence-electron chi connectivity index (χ3n) is 8.97. The van der Waals surface area contributed by atoms with Gasteiger partial charge >= 0.3 is 0 Å². The second-order valence-electron chi connectivity index (χ2n) is 13.1. The highest BCUT2D eigenvalue weighted by molar-refractivity contribution is 6.85. The van der Waals surface area contributed by atoms with Crippen LogP contribution >= 0.6 is 0 Å². The Hall–Kier alpha value is -3.94. The Morgan fingerprint density at radius 2 is 0.878 bits per heavy atom. The Bertz CT molecular complexity index is 1550. The third-order valence-corrected chi connectivity index (χ3v) is 13.1. The smallest absolute Gasteiger partial charge is 0.0715 e. The van der Waals surface area contributed by atoms with Crippen molar-refractivity contribution in [2.75, 3.05) is 0 Å². The van der Waals surface area contributed by atoms with Crippen molar-refractivity contribution in [3.63, 3.8) is 0 Å². The molecule has 2 aliphatic carbocycles. The zero-order valence-corrected chi connectivity index (χ0v) is 25.9. The highest BCUT2D eigenvalue weighted by Gasteiger charge is 2.48. The zero-order chi connectivity index (χ0) is 28.6. The molecule has 1 atom stereocenters. The quantitative estimate of drug-likeness (QED) is 0.210. The Labute approximate surface area is 247 Å². The Morgan fingerprint density at radius 1 is 0.512 bits per heavy atom. The van der Waals surface area contributed by atoms with Gasteiger partial charge in [-0.15, -0.1) is 0 Å². The lowest BCUT2D eigenvalue weighted by Crippen LogP contribution is -2.37. The molecule has 2 aliphatic rings. The molecule has 4 aromatic rings. The molecular weight excluding hydrogens is 509 g/mol. The van der Waals surface area contributed by atoms with Crippen LogP contribution in [0, 0.1) is 5.41 Å². The average molecular weight is 549 g/mol. The van der Waals surface area contributed by atoms with Crippen molar-refractivity contribution in [3.8, 4) is 0 Å². The summed E-state index contributed by atoms with van der Waals surface area (Å²) in [6.07, 6.45) is 7.52. The summed E-state index contributed by atoms with van der Waals surface area (Å²) in [5.41, 5.74) is 13.3. The van der Waals surface area contributed by atoms with Gasteiger partial charge in [0, 0.05) is 5.54 Å². The number of hydrogen-bond donors (Lipinski definition) is 0. The molecule has 1 heteroatoms. The molecule has 204 valence electrons. The SMILES string of the molecule is CC(C)(C)C1=CC([Si](C)(C)C2C(c3ccccc3)=C(c3ccccc3)C(c3ccccc3)=C2c2ccccc2)C=C1. The summed E-state index contributed by atoms with van der Waals surface area (Å²) in [7, 11) is -2.08. The number of allylic oxidation sites excluding steroid dienone is 8. The Balaban J connectivity index is 1.71. The molecule has 1 unspecified atom stereocenters. The van der Waals surface area contributed by atoms with Crippen LogP contribution in [0.25, 0.3) is 22.3 Å². The molecule has 0 bridgehead atoms. The van der Waals surface area contributed by atoms with Crippen molar-refractivity contribution in [2.24, 2.45) is 5.41 Å². The fraction of sp³-hybridized carbons (Fsp3) is 0.200. The van der Waals surface area contributed by atoms with Gasteiger partial charge in [-0.05, 0) is 61.1 Å². The lowest BCUT2D eigenvalue weighted by molar-refractivity contribution is 0.517. The predicted molar refractivity (Wildman–Crippen MR) is 181 cm³/mol. The van der Waals surface area contributed by atoms with Gasteiger partial charge in [0.15, 0.2) is 0 Å². The third kappa shape index (κ3) is 5.04. The fourth-order valence-corrected chi connectivity index (χ4v) is 10.5. The van der Waals surface area contributed by atoms with Crippen molar-refractivity contribution in [1.29, 1.82) is 0 Å². The van der Waals surface area contributed by atoms with E-state index in [0.717, 1.165) is 0 Å². The van der Waals surface area contributed by atoms with Crippen LogP contribution in [0.2, 0.25) is 24.2 Å². The van der Waals surface area contributed by atoms with Crippen LogP contribution < -0.4 is 0 Å². The van der Waals surface area contributed by atoms with E-state index in [1.165, 1.54) is 50.1 Å². The van der Waals surface area contributed by atoms with Crippen molar-refractivity contribution < 1.29 is 0 Å². The summed E-state index contributed by atoms with van der Waals surface area (Å²) in [6, 6.07) is 44.6. The lowest BCUT2D eigenvalue weighted by atomic mass is 9.87. The van der Waals surface area contributed by atoms with Gasteiger partial charge in [0.25, 0.3) is 0 Å². The van der Waals surface area contributed by atoms with Crippen molar-refractivity contribution in [3.05, 3.63) is 167 Å². The number of hydrogen-bond acceptors (Lipinski definition) is 0. The normalized spacial score (nSPS) is 17.9. The Morgan fingerprint density at radius 3 is 1.22 bits per heavy atom. The molecule has 0 nitrogen and oxygen atoms in total. The zero-order valence-electron chi connectivity index (χ0n) is 24.9. The summed E-state index contributed by atoms with van der Waals surface area (Å²) >= 11 is 0. The van der Waals surface area contributed by atoms with E-state index < -0.39 is 8.07 Å². The maximum atomic E-state index is 2.62. The van der Waals surface area contributed by atoms with E-state index in [2.05, 4.69) is 173 Å².